The lowest BCUT2D eigenvalue weighted by atomic mass is 10.2. The van der Waals surface area contributed by atoms with E-state index in [1.165, 1.54) is 0 Å². The van der Waals surface area contributed by atoms with Crippen LogP contribution >= 0.6 is 23.6 Å². The molecule has 0 saturated carbocycles. The third-order valence-electron chi connectivity index (χ3n) is 4.36. The van der Waals surface area contributed by atoms with E-state index in [9.17, 15) is 4.79 Å². The van der Waals surface area contributed by atoms with Crippen LogP contribution in [0.2, 0.25) is 0 Å². The first-order valence-corrected chi connectivity index (χ1v) is 9.99. The molecule has 4 aromatic rings. The summed E-state index contributed by atoms with van der Waals surface area (Å²) < 4.78 is 3.90. The minimum Gasteiger partial charge on any atom is -0.309 e. The minimum absolute atomic E-state index is 0.190. The second-order valence-electron chi connectivity index (χ2n) is 6.22. The van der Waals surface area contributed by atoms with Gasteiger partial charge in [0.25, 0.3) is 0 Å². The van der Waals surface area contributed by atoms with Crippen LogP contribution in [0.4, 0.5) is 5.82 Å². The van der Waals surface area contributed by atoms with Crippen LogP contribution in [0.3, 0.4) is 0 Å². The first-order valence-electron chi connectivity index (χ1n) is 8.71. The summed E-state index contributed by atoms with van der Waals surface area (Å²) in [6, 6.07) is 15.1. The molecule has 1 atom stereocenters. The molecule has 0 aliphatic carbocycles. The highest BCUT2D eigenvalue weighted by Gasteiger charge is 2.22. The fourth-order valence-electron chi connectivity index (χ4n) is 2.91. The van der Waals surface area contributed by atoms with Gasteiger partial charge in [0.2, 0.25) is 5.91 Å². The van der Waals surface area contributed by atoms with Gasteiger partial charge in [0, 0.05) is 6.07 Å². The van der Waals surface area contributed by atoms with Crippen molar-refractivity contribution in [3.8, 4) is 10.7 Å². The van der Waals surface area contributed by atoms with Gasteiger partial charge in [0.15, 0.2) is 10.6 Å². The van der Waals surface area contributed by atoms with Crippen LogP contribution in [-0.4, -0.2) is 30.5 Å². The molecule has 3 aromatic heterocycles. The lowest BCUT2D eigenvalue weighted by Gasteiger charge is -2.16. The number of aromatic amines is 1. The maximum Gasteiger partial charge on any atom is 0.248 e. The van der Waals surface area contributed by atoms with E-state index in [1.54, 1.807) is 39.8 Å². The summed E-state index contributed by atoms with van der Waals surface area (Å²) in [6.45, 7) is 2.37. The van der Waals surface area contributed by atoms with Crippen molar-refractivity contribution in [2.75, 3.05) is 5.32 Å². The van der Waals surface area contributed by atoms with E-state index in [-0.39, 0.29) is 5.91 Å². The smallest absolute Gasteiger partial charge is 0.248 e. The molecule has 4 rings (SSSR count). The number of nitrogens with one attached hydrogen (secondary N) is 2. The number of aromatic nitrogens is 5. The topological polar surface area (TPSA) is 80.5 Å². The predicted octanol–water partition coefficient (Wildman–Crippen LogP) is 4.11. The van der Waals surface area contributed by atoms with Crippen LogP contribution in [0.15, 0.2) is 60.1 Å². The quantitative estimate of drug-likeness (QED) is 0.469. The highest BCUT2D eigenvalue weighted by atomic mass is 32.1. The van der Waals surface area contributed by atoms with Gasteiger partial charge in [-0.1, -0.05) is 36.4 Å². The third kappa shape index (κ3) is 3.67. The minimum atomic E-state index is -0.538. The molecule has 0 bridgehead atoms. The molecule has 1 unspecified atom stereocenters. The Morgan fingerprint density at radius 2 is 2.07 bits per heavy atom. The summed E-state index contributed by atoms with van der Waals surface area (Å²) in [5, 5.41) is 16.3. The number of amides is 1. The summed E-state index contributed by atoms with van der Waals surface area (Å²) in [5.74, 6) is 1.10. The Morgan fingerprint density at radius 1 is 1.25 bits per heavy atom. The van der Waals surface area contributed by atoms with Crippen molar-refractivity contribution in [2.24, 2.45) is 0 Å². The molecular formula is C19H18N6OS2. The molecule has 142 valence electrons. The van der Waals surface area contributed by atoms with Gasteiger partial charge < -0.3 is 5.32 Å². The number of nitrogens with zero attached hydrogens (tertiary/aromatic N) is 4. The Morgan fingerprint density at radius 3 is 2.82 bits per heavy atom. The molecule has 7 nitrogen and oxygen atoms in total. The van der Waals surface area contributed by atoms with Crippen LogP contribution in [0.25, 0.3) is 10.7 Å². The second-order valence-corrected chi connectivity index (χ2v) is 7.56. The molecule has 0 fully saturated rings. The van der Waals surface area contributed by atoms with Gasteiger partial charge in [-0.2, -0.15) is 10.2 Å². The van der Waals surface area contributed by atoms with Gasteiger partial charge in [-0.15, -0.1) is 11.3 Å². The first-order chi connectivity index (χ1) is 13.6. The van der Waals surface area contributed by atoms with Gasteiger partial charge in [-0.3, -0.25) is 14.5 Å². The first kappa shape index (κ1) is 18.3. The number of H-pyrrole nitrogens is 1. The molecule has 0 aliphatic heterocycles. The Kier molecular flexibility index (Phi) is 5.18. The number of carbonyl (C=O) groups excluding carboxylic acids is 1. The monoisotopic (exact) mass is 410 g/mol. The Balaban J connectivity index is 1.55. The maximum absolute atomic E-state index is 12.9. The second kappa shape index (κ2) is 7.91. The predicted molar refractivity (Wildman–Crippen MR) is 112 cm³/mol. The van der Waals surface area contributed by atoms with E-state index in [4.69, 9.17) is 12.2 Å². The number of anilines is 1. The van der Waals surface area contributed by atoms with Gasteiger partial charge in [0.05, 0.1) is 17.6 Å². The van der Waals surface area contributed by atoms with E-state index in [0.717, 1.165) is 10.4 Å². The highest BCUT2D eigenvalue weighted by Crippen LogP contribution is 2.26. The molecule has 0 aliphatic rings. The van der Waals surface area contributed by atoms with Crippen LogP contribution < -0.4 is 5.32 Å². The number of thiophene rings is 1. The molecule has 0 spiro atoms. The maximum atomic E-state index is 12.9. The average Bonchev–Trinajstić information content (AvgIpc) is 3.44. The van der Waals surface area contributed by atoms with Gasteiger partial charge in [-0.25, -0.2) is 4.68 Å². The summed E-state index contributed by atoms with van der Waals surface area (Å²) in [4.78, 5) is 13.9. The summed E-state index contributed by atoms with van der Waals surface area (Å²) in [6.07, 6.45) is 1.67. The van der Waals surface area contributed by atoms with Crippen molar-refractivity contribution in [1.29, 1.82) is 0 Å². The number of carbonyl (C=O) groups is 1. The Labute approximate surface area is 170 Å². The lowest BCUT2D eigenvalue weighted by Crippen LogP contribution is -2.25. The number of hydrogen-bond acceptors (Lipinski definition) is 5. The van der Waals surface area contributed by atoms with E-state index in [2.05, 4.69) is 20.6 Å². The number of benzene rings is 1. The highest BCUT2D eigenvalue weighted by molar-refractivity contribution is 7.71. The third-order valence-corrected chi connectivity index (χ3v) is 5.51. The summed E-state index contributed by atoms with van der Waals surface area (Å²) in [5.41, 5.74) is 1.10. The van der Waals surface area contributed by atoms with Crippen LogP contribution in [-0.2, 0) is 11.3 Å². The van der Waals surface area contributed by atoms with Crippen molar-refractivity contribution in [3.63, 3.8) is 0 Å². The summed E-state index contributed by atoms with van der Waals surface area (Å²) >= 11 is 6.90. The lowest BCUT2D eigenvalue weighted by molar-refractivity contribution is -0.118. The Bertz CT molecular complexity index is 1130. The fraction of sp³-hybridized carbons (Fsp3) is 0.158. The molecule has 3 heterocycles. The van der Waals surface area contributed by atoms with Gasteiger partial charge in [-0.05, 0) is 36.2 Å². The molecule has 0 radical (unpaired) electrons. The SMILES string of the molecule is CC(C(=O)Nc1ccnn1Cc1ccccc1)n1c(-c2cccs2)n[nH]c1=S. The van der Waals surface area contributed by atoms with E-state index < -0.39 is 6.04 Å². The molecule has 1 aromatic carbocycles. The molecule has 9 heteroatoms. The standard InChI is InChI=1S/C19H18N6OS2/c1-13(25-17(22-23-19(25)27)15-8-5-11-28-15)18(26)21-16-9-10-20-24(16)12-14-6-3-2-4-7-14/h2-11,13H,12H2,1H3,(H,21,26)(H,23,27). The zero-order chi connectivity index (χ0) is 19.5. The van der Waals surface area contributed by atoms with Crippen LogP contribution in [0.5, 0.6) is 0 Å². The average molecular weight is 411 g/mol. The zero-order valence-corrected chi connectivity index (χ0v) is 16.7. The van der Waals surface area contributed by atoms with Gasteiger partial charge in [0.1, 0.15) is 11.9 Å². The van der Waals surface area contributed by atoms with E-state index >= 15 is 0 Å². The normalized spacial score (nSPS) is 12.0. The fourth-order valence-corrected chi connectivity index (χ4v) is 3.91. The number of rotatable bonds is 6. The molecule has 0 saturated heterocycles. The summed E-state index contributed by atoms with van der Waals surface area (Å²) in [7, 11) is 0. The van der Waals surface area contributed by atoms with E-state index in [0.29, 0.717) is 23.0 Å². The molecule has 1 amide bonds. The zero-order valence-electron chi connectivity index (χ0n) is 15.1. The van der Waals surface area contributed by atoms with Gasteiger partial charge >= 0.3 is 0 Å². The van der Waals surface area contributed by atoms with Crippen LogP contribution in [0, 0.1) is 4.77 Å². The van der Waals surface area contributed by atoms with Crippen LogP contribution in [0.1, 0.15) is 18.5 Å². The van der Waals surface area contributed by atoms with Crippen molar-refractivity contribution in [1.82, 2.24) is 24.5 Å². The van der Waals surface area contributed by atoms with E-state index in [1.807, 2.05) is 47.8 Å². The van der Waals surface area contributed by atoms with Crippen molar-refractivity contribution in [3.05, 3.63) is 70.4 Å². The Hall–Kier alpha value is -3.04. The van der Waals surface area contributed by atoms with Crippen molar-refractivity contribution in [2.45, 2.75) is 19.5 Å². The number of hydrogen-bond donors (Lipinski definition) is 2. The molecule has 28 heavy (non-hydrogen) atoms. The largest absolute Gasteiger partial charge is 0.309 e. The van der Waals surface area contributed by atoms with Crippen molar-refractivity contribution >= 4 is 35.3 Å². The van der Waals surface area contributed by atoms with Crippen molar-refractivity contribution < 1.29 is 4.79 Å². The molecule has 2 N–H and O–H groups in total. The molecular weight excluding hydrogens is 392 g/mol.